The Kier molecular flexibility index (Phi) is 4.64. The molecule has 1 heterocycles. The van der Waals surface area contributed by atoms with Gasteiger partial charge in [-0.25, -0.2) is 8.42 Å². The van der Waals surface area contributed by atoms with Crippen molar-refractivity contribution in [2.75, 3.05) is 11.3 Å². The molecule has 0 fully saturated rings. The van der Waals surface area contributed by atoms with Crippen LogP contribution in [0.2, 0.25) is 0 Å². The molecule has 0 bridgehead atoms. The van der Waals surface area contributed by atoms with Crippen LogP contribution in [0.15, 0.2) is 40.6 Å². The molecular formula is C13H15NO4S2. The van der Waals surface area contributed by atoms with Gasteiger partial charge in [0.2, 0.25) is 0 Å². The monoisotopic (exact) mass is 313 g/mol. The summed E-state index contributed by atoms with van der Waals surface area (Å²) in [6.07, 6.45) is 0. The van der Waals surface area contributed by atoms with Gasteiger partial charge in [-0.1, -0.05) is 12.1 Å². The Labute approximate surface area is 121 Å². The molecule has 108 valence electrons. The number of rotatable bonds is 6. The average molecular weight is 313 g/mol. The molecule has 0 radical (unpaired) electrons. The number of thiophene rings is 1. The maximum Gasteiger partial charge on any atom is 0.262 e. The van der Waals surface area contributed by atoms with Crippen molar-refractivity contribution in [3.05, 3.63) is 40.6 Å². The molecule has 7 heteroatoms. The number of aliphatic hydroxyl groups excluding tert-OH is 1. The van der Waals surface area contributed by atoms with E-state index in [2.05, 4.69) is 4.72 Å². The molecule has 2 rings (SSSR count). The fourth-order valence-electron chi connectivity index (χ4n) is 1.62. The van der Waals surface area contributed by atoms with E-state index in [0.29, 0.717) is 22.9 Å². The van der Waals surface area contributed by atoms with Gasteiger partial charge in [0.05, 0.1) is 23.8 Å². The Hall–Kier alpha value is -1.57. The summed E-state index contributed by atoms with van der Waals surface area (Å²) in [4.78, 5) is 0.737. The van der Waals surface area contributed by atoms with Gasteiger partial charge in [0.15, 0.2) is 0 Å². The SMILES string of the molecule is CCOc1ccccc1NS(=O)(=O)c1csc(CO)c1. The molecule has 0 aliphatic heterocycles. The lowest BCUT2D eigenvalue weighted by Gasteiger charge is -2.11. The standard InChI is InChI=1S/C13H15NO4S2/c1-2-18-13-6-4-3-5-12(13)14-20(16,17)11-7-10(8-15)19-9-11/h3-7,9,14-15H,2,8H2,1H3. The van der Waals surface area contributed by atoms with Gasteiger partial charge in [-0.2, -0.15) is 0 Å². The molecule has 0 amide bonds. The topological polar surface area (TPSA) is 75.6 Å². The average Bonchev–Trinajstić information content (AvgIpc) is 2.91. The number of anilines is 1. The van der Waals surface area contributed by atoms with E-state index >= 15 is 0 Å². The van der Waals surface area contributed by atoms with Crippen LogP contribution in [0.5, 0.6) is 5.75 Å². The van der Waals surface area contributed by atoms with Crippen LogP contribution in [0.25, 0.3) is 0 Å². The zero-order valence-corrected chi connectivity index (χ0v) is 12.5. The number of sulfonamides is 1. The Balaban J connectivity index is 2.28. The molecule has 0 aliphatic carbocycles. The highest BCUT2D eigenvalue weighted by Crippen LogP contribution is 2.28. The quantitative estimate of drug-likeness (QED) is 0.859. The summed E-state index contributed by atoms with van der Waals surface area (Å²) in [6.45, 7) is 2.11. The fraction of sp³-hybridized carbons (Fsp3) is 0.231. The van der Waals surface area contributed by atoms with E-state index in [-0.39, 0.29) is 11.5 Å². The molecule has 1 aromatic heterocycles. The van der Waals surface area contributed by atoms with Crippen LogP contribution >= 0.6 is 11.3 Å². The van der Waals surface area contributed by atoms with Crippen molar-refractivity contribution >= 4 is 27.0 Å². The minimum atomic E-state index is -3.67. The fourth-order valence-corrected chi connectivity index (χ4v) is 3.82. The number of nitrogens with one attached hydrogen (secondary N) is 1. The lowest BCUT2D eigenvalue weighted by molar-refractivity contribution is 0.285. The zero-order valence-electron chi connectivity index (χ0n) is 10.9. The molecule has 0 atom stereocenters. The molecule has 20 heavy (non-hydrogen) atoms. The van der Waals surface area contributed by atoms with Gasteiger partial charge in [0.1, 0.15) is 5.75 Å². The second kappa shape index (κ2) is 6.25. The largest absolute Gasteiger partial charge is 0.492 e. The molecule has 0 unspecified atom stereocenters. The van der Waals surface area contributed by atoms with Crippen molar-refractivity contribution in [1.29, 1.82) is 0 Å². The molecule has 5 nitrogen and oxygen atoms in total. The van der Waals surface area contributed by atoms with Crippen LogP contribution in [0.4, 0.5) is 5.69 Å². The first-order chi connectivity index (χ1) is 9.56. The van der Waals surface area contributed by atoms with E-state index in [4.69, 9.17) is 9.84 Å². The minimum absolute atomic E-state index is 0.137. The molecule has 0 aliphatic rings. The predicted molar refractivity (Wildman–Crippen MR) is 78.7 cm³/mol. The third kappa shape index (κ3) is 3.30. The molecule has 0 saturated heterocycles. The number of para-hydroxylation sites is 2. The van der Waals surface area contributed by atoms with Gasteiger partial charge < -0.3 is 9.84 Å². The normalized spacial score (nSPS) is 11.3. The Morgan fingerprint density at radius 3 is 2.75 bits per heavy atom. The van der Waals surface area contributed by atoms with Gasteiger partial charge in [0.25, 0.3) is 10.0 Å². The van der Waals surface area contributed by atoms with E-state index < -0.39 is 10.0 Å². The molecule has 2 aromatic rings. The summed E-state index contributed by atoms with van der Waals surface area (Å²) in [5.41, 5.74) is 0.395. The van der Waals surface area contributed by atoms with Gasteiger partial charge >= 0.3 is 0 Å². The second-order valence-electron chi connectivity index (χ2n) is 3.94. The van der Waals surface area contributed by atoms with Crippen molar-refractivity contribution in [3.63, 3.8) is 0 Å². The summed E-state index contributed by atoms with van der Waals surface area (Å²) in [6, 6.07) is 8.30. The minimum Gasteiger partial charge on any atom is -0.492 e. The maximum absolute atomic E-state index is 12.2. The third-order valence-electron chi connectivity index (χ3n) is 2.53. The van der Waals surface area contributed by atoms with Crippen LogP contribution in [0.1, 0.15) is 11.8 Å². The van der Waals surface area contributed by atoms with Crippen molar-refractivity contribution in [2.24, 2.45) is 0 Å². The highest BCUT2D eigenvalue weighted by atomic mass is 32.2. The number of hydrogen-bond acceptors (Lipinski definition) is 5. The lowest BCUT2D eigenvalue weighted by Crippen LogP contribution is -2.13. The molecule has 2 N–H and O–H groups in total. The predicted octanol–water partition coefficient (Wildman–Crippen LogP) is 2.44. The smallest absolute Gasteiger partial charge is 0.262 e. The Bertz CT molecular complexity index is 679. The van der Waals surface area contributed by atoms with Crippen molar-refractivity contribution < 1.29 is 18.3 Å². The number of benzene rings is 1. The summed E-state index contributed by atoms with van der Waals surface area (Å²) >= 11 is 1.20. The van der Waals surface area contributed by atoms with Gasteiger partial charge in [-0.05, 0) is 25.1 Å². The van der Waals surface area contributed by atoms with Crippen LogP contribution < -0.4 is 9.46 Å². The van der Waals surface area contributed by atoms with E-state index in [9.17, 15) is 8.42 Å². The number of ether oxygens (including phenoxy) is 1. The van der Waals surface area contributed by atoms with Gasteiger partial charge in [0, 0.05) is 10.3 Å². The van der Waals surface area contributed by atoms with E-state index in [1.165, 1.54) is 22.8 Å². The Morgan fingerprint density at radius 1 is 1.35 bits per heavy atom. The van der Waals surface area contributed by atoms with E-state index in [0.717, 1.165) is 0 Å². The second-order valence-corrected chi connectivity index (χ2v) is 6.62. The summed E-state index contributed by atoms with van der Waals surface area (Å²) < 4.78 is 32.4. The van der Waals surface area contributed by atoms with Crippen LogP contribution in [-0.4, -0.2) is 20.1 Å². The Morgan fingerprint density at radius 2 is 2.10 bits per heavy atom. The zero-order chi connectivity index (χ0) is 14.6. The van der Waals surface area contributed by atoms with Crippen molar-refractivity contribution in [2.45, 2.75) is 18.4 Å². The summed E-state index contributed by atoms with van der Waals surface area (Å²) in [7, 11) is -3.67. The third-order valence-corrected chi connectivity index (χ3v) is 4.94. The van der Waals surface area contributed by atoms with Crippen LogP contribution in [0.3, 0.4) is 0 Å². The first-order valence-electron chi connectivity index (χ1n) is 5.99. The van der Waals surface area contributed by atoms with E-state index in [1.807, 2.05) is 6.92 Å². The first-order valence-corrected chi connectivity index (χ1v) is 8.36. The summed E-state index contributed by atoms with van der Waals surface area (Å²) in [5, 5.41) is 10.5. The van der Waals surface area contributed by atoms with E-state index in [1.54, 1.807) is 24.3 Å². The molecule has 1 aromatic carbocycles. The van der Waals surface area contributed by atoms with Gasteiger partial charge in [-0.3, -0.25) is 4.72 Å². The number of hydrogen-bond donors (Lipinski definition) is 2. The molecule has 0 saturated carbocycles. The lowest BCUT2D eigenvalue weighted by atomic mass is 10.3. The van der Waals surface area contributed by atoms with Crippen LogP contribution in [-0.2, 0) is 16.6 Å². The van der Waals surface area contributed by atoms with Crippen molar-refractivity contribution in [1.82, 2.24) is 0 Å². The van der Waals surface area contributed by atoms with Gasteiger partial charge in [-0.15, -0.1) is 11.3 Å². The van der Waals surface area contributed by atoms with Crippen LogP contribution in [0, 0.1) is 0 Å². The molecule has 0 spiro atoms. The number of aliphatic hydroxyl groups is 1. The highest BCUT2D eigenvalue weighted by Gasteiger charge is 2.18. The summed E-state index contributed by atoms with van der Waals surface area (Å²) in [5.74, 6) is 0.483. The molecular weight excluding hydrogens is 298 g/mol. The first kappa shape index (κ1) is 14.8. The maximum atomic E-state index is 12.2. The van der Waals surface area contributed by atoms with Crippen molar-refractivity contribution in [3.8, 4) is 5.75 Å². The highest BCUT2D eigenvalue weighted by molar-refractivity contribution is 7.92.